The summed E-state index contributed by atoms with van der Waals surface area (Å²) in [6.07, 6.45) is -0.412. The van der Waals surface area contributed by atoms with E-state index in [1.165, 1.54) is 0 Å². The molecule has 0 aliphatic carbocycles. The third-order valence-electron chi connectivity index (χ3n) is 1.89. The number of amides is 1. The molecule has 0 radical (unpaired) electrons. The van der Waals surface area contributed by atoms with Gasteiger partial charge < -0.3 is 5.32 Å². The number of carbonyl (C=O) groups is 1. The number of benzene rings is 1. The first kappa shape index (κ1) is 13.0. The van der Waals surface area contributed by atoms with Gasteiger partial charge in [-0.25, -0.2) is 0 Å². The molecular weight excluding hydrogens is 244 g/mol. The summed E-state index contributed by atoms with van der Waals surface area (Å²) in [4.78, 5) is 30.4. The predicted molar refractivity (Wildman–Crippen MR) is 58.6 cm³/mol. The highest BCUT2D eigenvalue weighted by atomic mass is 16.6. The number of hydrogen-bond acceptors (Lipinski definition) is 6. The third-order valence-corrected chi connectivity index (χ3v) is 1.89. The summed E-state index contributed by atoms with van der Waals surface area (Å²) in [5.41, 5.74) is -1.37. The maximum Gasteiger partial charge on any atom is 0.348 e. The standard InChI is InChI=1S/C9H6N4O5/c10-4-3-9(14)11-6-1-2-7(12(15)16)8(5-6)13(17)18/h1-2,5H,3H2,(H,11,14). The van der Waals surface area contributed by atoms with Crippen LogP contribution in [0.15, 0.2) is 18.2 Å². The van der Waals surface area contributed by atoms with Gasteiger partial charge in [0.2, 0.25) is 5.91 Å². The van der Waals surface area contributed by atoms with Gasteiger partial charge in [0.05, 0.1) is 15.9 Å². The molecule has 18 heavy (non-hydrogen) atoms. The Morgan fingerprint density at radius 2 is 1.89 bits per heavy atom. The van der Waals surface area contributed by atoms with Crippen LogP contribution >= 0.6 is 0 Å². The Hall–Kier alpha value is -3.02. The molecule has 0 aromatic heterocycles. The maximum atomic E-state index is 11.1. The molecule has 0 heterocycles. The van der Waals surface area contributed by atoms with Crippen LogP contribution in [0.25, 0.3) is 0 Å². The Labute approximate surface area is 99.9 Å². The highest BCUT2D eigenvalue weighted by Gasteiger charge is 2.24. The quantitative estimate of drug-likeness (QED) is 0.631. The van der Waals surface area contributed by atoms with Crippen LogP contribution in [0.5, 0.6) is 0 Å². The van der Waals surface area contributed by atoms with E-state index in [0.29, 0.717) is 0 Å². The van der Waals surface area contributed by atoms with Crippen LogP contribution < -0.4 is 5.32 Å². The topological polar surface area (TPSA) is 139 Å². The first-order chi connectivity index (χ1) is 8.45. The largest absolute Gasteiger partial charge is 0.348 e. The summed E-state index contributed by atoms with van der Waals surface area (Å²) < 4.78 is 0. The molecule has 9 heteroatoms. The lowest BCUT2D eigenvalue weighted by Gasteiger charge is -2.02. The Bertz CT molecular complexity index is 563. The average Bonchev–Trinajstić information content (AvgIpc) is 2.28. The first-order valence-corrected chi connectivity index (χ1v) is 4.55. The SMILES string of the molecule is N#CCC(=O)Nc1ccc([N+](=O)[O-])c([N+](=O)[O-])c1. The summed E-state index contributed by atoms with van der Waals surface area (Å²) >= 11 is 0. The number of carbonyl (C=O) groups excluding carboxylic acids is 1. The van der Waals surface area contributed by atoms with Crippen molar-refractivity contribution in [1.29, 1.82) is 5.26 Å². The van der Waals surface area contributed by atoms with Crippen LogP contribution in [0.4, 0.5) is 17.1 Å². The molecule has 1 N–H and O–H groups in total. The molecule has 9 nitrogen and oxygen atoms in total. The second kappa shape index (κ2) is 5.35. The molecule has 1 aromatic carbocycles. The number of anilines is 1. The molecule has 0 unspecified atom stereocenters. The lowest BCUT2D eigenvalue weighted by Crippen LogP contribution is -2.10. The fraction of sp³-hybridized carbons (Fsp3) is 0.111. The molecule has 0 aliphatic rings. The summed E-state index contributed by atoms with van der Waals surface area (Å²) in [6.45, 7) is 0. The minimum absolute atomic E-state index is 0.0209. The van der Waals surface area contributed by atoms with Gasteiger partial charge in [0.25, 0.3) is 0 Å². The van der Waals surface area contributed by atoms with Crippen LogP contribution in [0.2, 0.25) is 0 Å². The smallest absolute Gasteiger partial charge is 0.325 e. The summed E-state index contributed by atoms with van der Waals surface area (Å²) in [5.74, 6) is -0.652. The van der Waals surface area contributed by atoms with Gasteiger partial charge >= 0.3 is 11.4 Å². The second-order valence-electron chi connectivity index (χ2n) is 3.10. The zero-order chi connectivity index (χ0) is 13.7. The van der Waals surface area contributed by atoms with Crippen molar-refractivity contribution in [3.05, 3.63) is 38.4 Å². The summed E-state index contributed by atoms with van der Waals surface area (Å²) in [7, 11) is 0. The minimum atomic E-state index is -0.919. The zero-order valence-corrected chi connectivity index (χ0v) is 8.82. The van der Waals surface area contributed by atoms with E-state index in [1.54, 1.807) is 6.07 Å². The van der Waals surface area contributed by atoms with Gasteiger partial charge in [0.15, 0.2) is 0 Å². The number of nitrogens with zero attached hydrogens (tertiary/aromatic N) is 3. The molecule has 0 spiro atoms. The van der Waals surface area contributed by atoms with Crippen molar-refractivity contribution in [3.8, 4) is 6.07 Å². The van der Waals surface area contributed by atoms with Gasteiger partial charge in [0, 0.05) is 17.8 Å². The third kappa shape index (κ3) is 2.99. The predicted octanol–water partition coefficient (Wildman–Crippen LogP) is 1.36. The molecule has 1 rings (SSSR count). The lowest BCUT2D eigenvalue weighted by molar-refractivity contribution is -0.422. The first-order valence-electron chi connectivity index (χ1n) is 4.55. The van der Waals surface area contributed by atoms with Gasteiger partial charge in [-0.1, -0.05) is 0 Å². The molecule has 92 valence electrons. The molecule has 1 aromatic rings. The van der Waals surface area contributed by atoms with E-state index in [4.69, 9.17) is 5.26 Å². The van der Waals surface area contributed by atoms with E-state index in [2.05, 4.69) is 5.32 Å². The number of nitro groups is 2. The van der Waals surface area contributed by atoms with Crippen molar-refractivity contribution in [2.75, 3.05) is 5.32 Å². The van der Waals surface area contributed by atoms with E-state index < -0.39 is 33.5 Å². The summed E-state index contributed by atoms with van der Waals surface area (Å²) in [5, 5.41) is 31.6. The van der Waals surface area contributed by atoms with Gasteiger partial charge in [-0.3, -0.25) is 25.0 Å². The molecule has 0 atom stereocenters. The molecule has 0 saturated carbocycles. The number of nitriles is 1. The maximum absolute atomic E-state index is 11.1. The fourth-order valence-corrected chi connectivity index (χ4v) is 1.18. The van der Waals surface area contributed by atoms with E-state index in [9.17, 15) is 25.0 Å². The van der Waals surface area contributed by atoms with Crippen molar-refractivity contribution < 1.29 is 14.6 Å². The normalized spacial score (nSPS) is 9.28. The van der Waals surface area contributed by atoms with Crippen molar-refractivity contribution >= 4 is 23.0 Å². The number of nitro benzene ring substituents is 2. The molecule has 0 aliphatic heterocycles. The van der Waals surface area contributed by atoms with Crippen molar-refractivity contribution in [3.63, 3.8) is 0 Å². The van der Waals surface area contributed by atoms with Crippen LogP contribution in [-0.4, -0.2) is 15.8 Å². The Balaban J connectivity index is 3.08. The van der Waals surface area contributed by atoms with Crippen LogP contribution in [0, 0.1) is 31.6 Å². The molecule has 0 fully saturated rings. The van der Waals surface area contributed by atoms with Crippen molar-refractivity contribution in [2.45, 2.75) is 6.42 Å². The average molecular weight is 250 g/mol. The lowest BCUT2D eigenvalue weighted by atomic mass is 10.2. The molecule has 1 amide bonds. The zero-order valence-electron chi connectivity index (χ0n) is 8.82. The Morgan fingerprint density at radius 3 is 2.39 bits per heavy atom. The highest BCUT2D eigenvalue weighted by Crippen LogP contribution is 2.29. The van der Waals surface area contributed by atoms with E-state index in [0.717, 1.165) is 18.2 Å². The monoisotopic (exact) mass is 250 g/mol. The van der Waals surface area contributed by atoms with E-state index >= 15 is 0 Å². The highest BCUT2D eigenvalue weighted by molar-refractivity contribution is 5.92. The molecule has 0 saturated heterocycles. The van der Waals surface area contributed by atoms with Crippen LogP contribution in [0.3, 0.4) is 0 Å². The van der Waals surface area contributed by atoms with Gasteiger partial charge in [-0.2, -0.15) is 5.26 Å². The van der Waals surface area contributed by atoms with Gasteiger partial charge in [-0.15, -0.1) is 0 Å². The second-order valence-corrected chi connectivity index (χ2v) is 3.10. The fourth-order valence-electron chi connectivity index (χ4n) is 1.18. The number of nitrogens with one attached hydrogen (secondary N) is 1. The van der Waals surface area contributed by atoms with Gasteiger partial charge in [0.1, 0.15) is 6.42 Å². The Kier molecular flexibility index (Phi) is 3.88. The van der Waals surface area contributed by atoms with Crippen molar-refractivity contribution in [1.82, 2.24) is 0 Å². The van der Waals surface area contributed by atoms with E-state index in [-0.39, 0.29) is 5.69 Å². The Morgan fingerprint density at radius 1 is 1.28 bits per heavy atom. The van der Waals surface area contributed by atoms with Crippen LogP contribution in [-0.2, 0) is 4.79 Å². The van der Waals surface area contributed by atoms with Crippen LogP contribution in [0.1, 0.15) is 6.42 Å². The molecular formula is C9H6N4O5. The number of hydrogen-bond donors (Lipinski definition) is 1. The number of rotatable bonds is 4. The van der Waals surface area contributed by atoms with Gasteiger partial charge in [-0.05, 0) is 6.07 Å². The molecule has 0 bridgehead atoms. The summed E-state index contributed by atoms with van der Waals surface area (Å²) in [6, 6.07) is 4.54. The van der Waals surface area contributed by atoms with Crippen molar-refractivity contribution in [2.24, 2.45) is 0 Å². The minimum Gasteiger partial charge on any atom is -0.325 e. The van der Waals surface area contributed by atoms with E-state index in [1.807, 2.05) is 0 Å².